The largest absolute Gasteiger partial charge is 0.465 e. The fourth-order valence-corrected chi connectivity index (χ4v) is 3.02. The summed E-state index contributed by atoms with van der Waals surface area (Å²) in [5, 5.41) is 18.2. The zero-order valence-electron chi connectivity index (χ0n) is 14.7. The Balaban J connectivity index is 1.97. The first-order valence-electron chi connectivity index (χ1n) is 8.72. The number of amides is 1. The lowest BCUT2D eigenvalue weighted by Gasteiger charge is -2.33. The molecule has 1 aliphatic rings. The Morgan fingerprint density at radius 3 is 2.41 bits per heavy atom. The number of halogens is 1. The number of piperazine rings is 1. The molecule has 1 aliphatic heterocycles. The van der Waals surface area contributed by atoms with E-state index in [0.717, 1.165) is 0 Å². The minimum Gasteiger partial charge on any atom is -0.465 e. The van der Waals surface area contributed by atoms with Crippen LogP contribution in [0.3, 0.4) is 0 Å². The molecule has 1 aromatic carbocycles. The second-order valence-corrected chi connectivity index (χ2v) is 6.29. The maximum Gasteiger partial charge on any atom is 0.407 e. The number of aryl methyl sites for hydroxylation is 1. The number of rotatable bonds is 5. The van der Waals surface area contributed by atoms with Crippen LogP contribution in [-0.4, -0.2) is 63.5 Å². The number of carboxylic acid groups (broad SMARTS) is 1. The molecule has 0 radical (unpaired) electrons. The van der Waals surface area contributed by atoms with E-state index < -0.39 is 11.9 Å². The molecule has 1 saturated heterocycles. The van der Waals surface area contributed by atoms with Crippen molar-refractivity contribution in [1.29, 1.82) is 0 Å². The summed E-state index contributed by atoms with van der Waals surface area (Å²) in [5.74, 6) is -0.161. The monoisotopic (exact) mass is 376 g/mol. The van der Waals surface area contributed by atoms with Crippen molar-refractivity contribution in [2.45, 2.75) is 12.8 Å². The summed E-state index contributed by atoms with van der Waals surface area (Å²) < 4.78 is 14.6. The highest BCUT2D eigenvalue weighted by atomic mass is 19.1. The topological polar surface area (TPSA) is 98.9 Å². The lowest BCUT2D eigenvalue weighted by Crippen LogP contribution is -2.50. The van der Waals surface area contributed by atoms with Crippen LogP contribution in [0.4, 0.5) is 15.0 Å². The van der Waals surface area contributed by atoms with Gasteiger partial charge in [-0.15, -0.1) is 0 Å². The molecule has 144 valence electrons. The zero-order chi connectivity index (χ0) is 19.4. The highest BCUT2D eigenvalue weighted by molar-refractivity contribution is 5.65. The molecule has 8 nitrogen and oxygen atoms in total. The van der Waals surface area contributed by atoms with Crippen molar-refractivity contribution in [1.82, 2.24) is 14.5 Å². The Hall–Kier alpha value is -2.94. The quantitative estimate of drug-likeness (QED) is 0.811. The highest BCUT2D eigenvalue weighted by Crippen LogP contribution is 2.15. The average molecular weight is 376 g/mol. The Kier molecular flexibility index (Phi) is 5.70. The molecule has 1 amide bonds. The van der Waals surface area contributed by atoms with Gasteiger partial charge in [0, 0.05) is 44.7 Å². The van der Waals surface area contributed by atoms with Gasteiger partial charge >= 0.3 is 6.09 Å². The van der Waals surface area contributed by atoms with Crippen molar-refractivity contribution in [2.75, 3.05) is 37.7 Å². The molecule has 2 heterocycles. The van der Waals surface area contributed by atoms with E-state index in [9.17, 15) is 14.0 Å². The predicted octanol–water partition coefficient (Wildman–Crippen LogP) is 1.10. The molecule has 0 bridgehead atoms. The minimum absolute atomic E-state index is 0.00394. The maximum atomic E-state index is 13.2. The van der Waals surface area contributed by atoms with Crippen molar-refractivity contribution < 1.29 is 19.4 Å². The summed E-state index contributed by atoms with van der Waals surface area (Å²) in [5.41, 5.74) is 0.793. The third-order valence-corrected chi connectivity index (χ3v) is 4.48. The first-order valence-corrected chi connectivity index (χ1v) is 8.72. The second-order valence-electron chi connectivity index (χ2n) is 6.29. The fraction of sp³-hybridized carbons (Fsp3) is 0.389. The van der Waals surface area contributed by atoms with Gasteiger partial charge in [-0.1, -0.05) is 0 Å². The molecule has 9 heteroatoms. The van der Waals surface area contributed by atoms with Crippen LogP contribution in [0.2, 0.25) is 0 Å². The van der Waals surface area contributed by atoms with Gasteiger partial charge in [-0.3, -0.25) is 9.36 Å². The fourth-order valence-electron chi connectivity index (χ4n) is 3.02. The van der Waals surface area contributed by atoms with Crippen LogP contribution >= 0.6 is 0 Å². The van der Waals surface area contributed by atoms with Crippen LogP contribution in [0.1, 0.15) is 12.1 Å². The highest BCUT2D eigenvalue weighted by Gasteiger charge is 2.24. The lowest BCUT2D eigenvalue weighted by atomic mass is 10.2. The Morgan fingerprint density at radius 1 is 1.15 bits per heavy atom. The molecule has 1 aromatic heterocycles. The number of nitrogens with zero attached hydrogens (tertiary/aromatic N) is 4. The van der Waals surface area contributed by atoms with Crippen molar-refractivity contribution >= 4 is 11.9 Å². The van der Waals surface area contributed by atoms with Crippen molar-refractivity contribution in [3.8, 4) is 5.69 Å². The number of aromatic nitrogens is 2. The van der Waals surface area contributed by atoms with Crippen LogP contribution in [0.15, 0.2) is 35.3 Å². The average Bonchev–Trinajstić information content (AvgIpc) is 2.68. The van der Waals surface area contributed by atoms with E-state index in [1.165, 1.54) is 33.7 Å². The van der Waals surface area contributed by atoms with Gasteiger partial charge < -0.3 is 20.0 Å². The number of hydrogen-bond acceptors (Lipinski definition) is 5. The predicted molar refractivity (Wildman–Crippen MR) is 97.0 cm³/mol. The summed E-state index contributed by atoms with van der Waals surface area (Å²) >= 11 is 0. The minimum atomic E-state index is -0.983. The summed E-state index contributed by atoms with van der Waals surface area (Å²) in [6, 6.07) is 5.58. The third kappa shape index (κ3) is 4.25. The van der Waals surface area contributed by atoms with Crippen molar-refractivity contribution in [3.63, 3.8) is 0 Å². The van der Waals surface area contributed by atoms with Crippen LogP contribution in [0.25, 0.3) is 5.69 Å². The number of aliphatic hydroxyl groups is 1. The van der Waals surface area contributed by atoms with E-state index in [1.807, 2.05) is 0 Å². The second kappa shape index (κ2) is 8.17. The Labute approximate surface area is 155 Å². The van der Waals surface area contributed by atoms with E-state index in [0.29, 0.717) is 37.3 Å². The van der Waals surface area contributed by atoms with E-state index >= 15 is 0 Å². The van der Waals surface area contributed by atoms with Crippen LogP contribution in [-0.2, 0) is 6.42 Å². The Bertz CT molecular complexity index is 861. The van der Waals surface area contributed by atoms with E-state index in [1.54, 1.807) is 11.1 Å². The molecule has 27 heavy (non-hydrogen) atoms. The van der Waals surface area contributed by atoms with Gasteiger partial charge in [0.05, 0.1) is 5.69 Å². The molecule has 0 atom stereocenters. The standard InChI is InChI=1S/C18H21FN4O4/c19-13-3-5-15(6-4-13)23-12-14(2-1-11-24)20-16(17(23)25)21-7-9-22(10-8-21)18(26)27/h3-6,12,24H,1-2,7-11H2,(H,26,27). The SMILES string of the molecule is O=C(O)N1CCN(c2nc(CCCO)cn(-c3ccc(F)cc3)c2=O)CC1. The van der Waals surface area contributed by atoms with Gasteiger partial charge in [-0.05, 0) is 37.1 Å². The van der Waals surface area contributed by atoms with Gasteiger partial charge in [0.25, 0.3) is 5.56 Å². The summed E-state index contributed by atoms with van der Waals surface area (Å²) in [6.07, 6.45) is 1.60. The van der Waals surface area contributed by atoms with Gasteiger partial charge in [-0.2, -0.15) is 0 Å². The zero-order valence-corrected chi connectivity index (χ0v) is 14.7. The number of anilines is 1. The molecule has 1 fully saturated rings. The molecule has 0 spiro atoms. The summed E-state index contributed by atoms with van der Waals surface area (Å²) in [7, 11) is 0. The molecular formula is C18H21FN4O4. The van der Waals surface area contributed by atoms with Crippen molar-refractivity contribution in [3.05, 3.63) is 52.3 Å². The molecule has 0 aliphatic carbocycles. The molecular weight excluding hydrogens is 355 g/mol. The van der Waals surface area contributed by atoms with Crippen LogP contribution in [0.5, 0.6) is 0 Å². The maximum absolute atomic E-state index is 13.2. The van der Waals surface area contributed by atoms with Gasteiger partial charge in [-0.25, -0.2) is 14.2 Å². The lowest BCUT2D eigenvalue weighted by molar-refractivity contribution is 0.142. The van der Waals surface area contributed by atoms with Gasteiger partial charge in [0.1, 0.15) is 5.82 Å². The third-order valence-electron chi connectivity index (χ3n) is 4.48. The molecule has 3 rings (SSSR count). The van der Waals surface area contributed by atoms with Crippen LogP contribution in [0, 0.1) is 5.82 Å². The number of carbonyl (C=O) groups is 1. The van der Waals surface area contributed by atoms with Gasteiger partial charge in [0.15, 0.2) is 5.82 Å². The molecule has 2 N–H and O–H groups in total. The first-order chi connectivity index (χ1) is 13.0. The smallest absolute Gasteiger partial charge is 0.407 e. The molecule has 2 aromatic rings. The summed E-state index contributed by atoms with van der Waals surface area (Å²) in [6.45, 7) is 1.30. The normalized spacial score (nSPS) is 14.4. The number of hydrogen-bond donors (Lipinski definition) is 2. The number of aliphatic hydroxyl groups excluding tert-OH is 1. The van der Waals surface area contributed by atoms with E-state index in [-0.39, 0.29) is 31.1 Å². The van der Waals surface area contributed by atoms with E-state index in [4.69, 9.17) is 10.2 Å². The first kappa shape index (κ1) is 18.8. The van der Waals surface area contributed by atoms with Gasteiger partial charge in [0.2, 0.25) is 0 Å². The number of benzene rings is 1. The van der Waals surface area contributed by atoms with Crippen LogP contribution < -0.4 is 10.5 Å². The Morgan fingerprint density at radius 2 is 1.81 bits per heavy atom. The molecule has 0 saturated carbocycles. The molecule has 0 unspecified atom stereocenters. The summed E-state index contributed by atoms with van der Waals surface area (Å²) in [4.78, 5) is 31.6. The van der Waals surface area contributed by atoms with Crippen molar-refractivity contribution in [2.24, 2.45) is 0 Å². The van der Waals surface area contributed by atoms with E-state index in [2.05, 4.69) is 4.98 Å².